The zero-order valence-electron chi connectivity index (χ0n) is 18.0. The summed E-state index contributed by atoms with van der Waals surface area (Å²) >= 11 is 0. The van der Waals surface area contributed by atoms with Gasteiger partial charge >= 0.3 is 0 Å². The molecule has 3 aromatic rings. The quantitative estimate of drug-likeness (QED) is 0.587. The number of ether oxygens (including phenoxy) is 2. The lowest BCUT2D eigenvalue weighted by molar-refractivity contribution is 0.0746. The maximum absolute atomic E-state index is 12.9. The Morgan fingerprint density at radius 2 is 1.74 bits per heavy atom. The molecule has 1 aliphatic heterocycles. The number of hydrogen-bond acceptors (Lipinski definition) is 5. The van der Waals surface area contributed by atoms with Crippen LogP contribution in [0.4, 0.5) is 5.69 Å². The lowest BCUT2D eigenvalue weighted by Crippen LogP contribution is -2.48. The van der Waals surface area contributed by atoms with Crippen molar-refractivity contribution in [2.75, 3.05) is 37.7 Å². The van der Waals surface area contributed by atoms with Crippen molar-refractivity contribution in [1.29, 1.82) is 0 Å². The molecule has 0 saturated carbocycles. The first-order valence-electron chi connectivity index (χ1n) is 10.6. The predicted octanol–water partition coefficient (Wildman–Crippen LogP) is 3.36. The van der Waals surface area contributed by atoms with Crippen molar-refractivity contribution in [3.63, 3.8) is 0 Å². The molecule has 0 unspecified atom stereocenters. The topological polar surface area (TPSA) is 59.8 Å². The molecule has 0 bridgehead atoms. The lowest BCUT2D eigenvalue weighted by atomic mass is 10.1. The number of rotatable bonds is 7. The third-order valence-corrected chi connectivity index (χ3v) is 5.46. The van der Waals surface area contributed by atoms with Crippen LogP contribution < -0.4 is 14.4 Å². The molecule has 162 valence electrons. The summed E-state index contributed by atoms with van der Waals surface area (Å²) in [6.07, 6.45) is 3.63. The molecular formula is C24H28N4O3. The molecule has 1 amide bonds. The standard InChI is InChI=1S/C24H28N4O3/c1-3-30-22-7-5-4-6-21(22)27-14-16-28(17-15-27)24(29)19-8-10-20(11-9-19)31-18-23-25-12-13-26(23)2/h4-13H,3,14-18H2,1-2H3. The number of amides is 1. The van der Waals surface area contributed by atoms with E-state index in [1.807, 2.05) is 72.1 Å². The number of piperazine rings is 1. The predicted molar refractivity (Wildman–Crippen MR) is 120 cm³/mol. The van der Waals surface area contributed by atoms with Gasteiger partial charge in [-0.2, -0.15) is 0 Å². The summed E-state index contributed by atoms with van der Waals surface area (Å²) in [5.41, 5.74) is 1.76. The molecule has 1 aromatic heterocycles. The van der Waals surface area contributed by atoms with E-state index in [0.29, 0.717) is 31.9 Å². The van der Waals surface area contributed by atoms with Gasteiger partial charge in [-0.1, -0.05) is 12.1 Å². The second-order valence-corrected chi connectivity index (χ2v) is 7.45. The number of carbonyl (C=O) groups is 1. The van der Waals surface area contributed by atoms with Gasteiger partial charge in [-0.05, 0) is 43.3 Å². The number of hydrogen-bond donors (Lipinski definition) is 0. The van der Waals surface area contributed by atoms with E-state index in [1.165, 1.54) is 0 Å². The number of imidazole rings is 1. The Morgan fingerprint density at radius 3 is 2.42 bits per heavy atom. The molecule has 4 rings (SSSR count). The molecule has 7 nitrogen and oxygen atoms in total. The monoisotopic (exact) mass is 420 g/mol. The number of benzene rings is 2. The van der Waals surface area contributed by atoms with E-state index in [9.17, 15) is 4.79 Å². The van der Waals surface area contributed by atoms with E-state index in [1.54, 1.807) is 6.20 Å². The number of anilines is 1. The number of aryl methyl sites for hydroxylation is 1. The molecule has 7 heteroatoms. The Balaban J connectivity index is 1.33. The summed E-state index contributed by atoms with van der Waals surface area (Å²) in [4.78, 5) is 21.4. The Hall–Kier alpha value is -3.48. The van der Waals surface area contributed by atoms with Crippen molar-refractivity contribution in [3.05, 3.63) is 72.3 Å². The van der Waals surface area contributed by atoms with Crippen LogP contribution in [-0.4, -0.2) is 53.1 Å². The van der Waals surface area contributed by atoms with Gasteiger partial charge in [0.2, 0.25) is 0 Å². The van der Waals surface area contributed by atoms with E-state index in [-0.39, 0.29) is 5.91 Å². The molecule has 0 atom stereocenters. The Kier molecular flexibility index (Phi) is 6.40. The second kappa shape index (κ2) is 9.55. The van der Waals surface area contributed by atoms with Crippen LogP contribution in [0.2, 0.25) is 0 Å². The molecule has 31 heavy (non-hydrogen) atoms. The van der Waals surface area contributed by atoms with Crippen LogP contribution in [0.15, 0.2) is 60.9 Å². The highest BCUT2D eigenvalue weighted by molar-refractivity contribution is 5.94. The Bertz CT molecular complexity index is 1010. The zero-order chi connectivity index (χ0) is 21.6. The molecule has 2 aromatic carbocycles. The minimum Gasteiger partial charge on any atom is -0.492 e. The summed E-state index contributed by atoms with van der Waals surface area (Å²) in [5.74, 6) is 2.51. The molecule has 2 heterocycles. The fraction of sp³-hybridized carbons (Fsp3) is 0.333. The van der Waals surface area contributed by atoms with Crippen LogP contribution >= 0.6 is 0 Å². The molecule has 0 aliphatic carbocycles. The number of carbonyl (C=O) groups excluding carboxylic acids is 1. The molecule has 1 saturated heterocycles. The van der Waals surface area contributed by atoms with Gasteiger partial charge in [0.25, 0.3) is 5.91 Å². The van der Waals surface area contributed by atoms with E-state index in [4.69, 9.17) is 9.47 Å². The maximum Gasteiger partial charge on any atom is 0.253 e. The van der Waals surface area contributed by atoms with Gasteiger partial charge < -0.3 is 23.8 Å². The highest BCUT2D eigenvalue weighted by atomic mass is 16.5. The molecule has 0 radical (unpaired) electrons. The first kappa shape index (κ1) is 20.8. The van der Waals surface area contributed by atoms with Crippen LogP contribution in [0.1, 0.15) is 23.1 Å². The van der Waals surface area contributed by atoms with Crippen LogP contribution in [0.25, 0.3) is 0 Å². The fourth-order valence-corrected chi connectivity index (χ4v) is 3.71. The highest BCUT2D eigenvalue weighted by Crippen LogP contribution is 2.29. The summed E-state index contributed by atoms with van der Waals surface area (Å²) < 4.78 is 13.5. The molecule has 0 N–H and O–H groups in total. The van der Waals surface area contributed by atoms with Crippen LogP contribution in [0.3, 0.4) is 0 Å². The molecule has 1 aliphatic rings. The average molecular weight is 421 g/mol. The van der Waals surface area contributed by atoms with Crippen molar-refractivity contribution in [2.45, 2.75) is 13.5 Å². The van der Waals surface area contributed by atoms with E-state index >= 15 is 0 Å². The summed E-state index contributed by atoms with van der Waals surface area (Å²) in [6.45, 7) is 5.93. The van der Waals surface area contributed by atoms with Gasteiger partial charge in [0.1, 0.15) is 23.9 Å². The highest BCUT2D eigenvalue weighted by Gasteiger charge is 2.23. The first-order valence-corrected chi connectivity index (χ1v) is 10.6. The van der Waals surface area contributed by atoms with Crippen LogP contribution in [0, 0.1) is 0 Å². The third-order valence-electron chi connectivity index (χ3n) is 5.46. The SMILES string of the molecule is CCOc1ccccc1N1CCN(C(=O)c2ccc(OCc3nccn3C)cc2)CC1. The molecule has 0 spiro atoms. The fourth-order valence-electron chi connectivity index (χ4n) is 3.71. The maximum atomic E-state index is 12.9. The van der Waals surface area contributed by atoms with Crippen LogP contribution in [0.5, 0.6) is 11.5 Å². The van der Waals surface area contributed by atoms with Gasteiger partial charge in [-0.3, -0.25) is 4.79 Å². The van der Waals surface area contributed by atoms with Gasteiger partial charge in [-0.15, -0.1) is 0 Å². The largest absolute Gasteiger partial charge is 0.492 e. The van der Waals surface area contributed by atoms with E-state index < -0.39 is 0 Å². The minimum absolute atomic E-state index is 0.0494. The lowest BCUT2D eigenvalue weighted by Gasteiger charge is -2.36. The van der Waals surface area contributed by atoms with E-state index in [0.717, 1.165) is 36.1 Å². The van der Waals surface area contributed by atoms with Gasteiger partial charge in [0, 0.05) is 51.2 Å². The number of nitrogens with zero attached hydrogens (tertiary/aromatic N) is 4. The smallest absolute Gasteiger partial charge is 0.253 e. The van der Waals surface area contributed by atoms with Crippen molar-refractivity contribution in [3.8, 4) is 11.5 Å². The Labute approximate surface area is 182 Å². The number of aromatic nitrogens is 2. The minimum atomic E-state index is 0.0494. The second-order valence-electron chi connectivity index (χ2n) is 7.45. The zero-order valence-corrected chi connectivity index (χ0v) is 18.0. The summed E-state index contributed by atoms with van der Waals surface area (Å²) in [6, 6.07) is 15.4. The average Bonchev–Trinajstić information content (AvgIpc) is 3.23. The third kappa shape index (κ3) is 4.82. The number of para-hydroxylation sites is 2. The van der Waals surface area contributed by atoms with E-state index in [2.05, 4.69) is 16.0 Å². The van der Waals surface area contributed by atoms with Gasteiger partial charge in [0.05, 0.1) is 12.3 Å². The summed E-state index contributed by atoms with van der Waals surface area (Å²) in [7, 11) is 1.93. The van der Waals surface area contributed by atoms with Crippen LogP contribution in [-0.2, 0) is 13.7 Å². The first-order chi connectivity index (χ1) is 15.2. The normalized spacial score (nSPS) is 13.9. The van der Waals surface area contributed by atoms with Crippen molar-refractivity contribution < 1.29 is 14.3 Å². The van der Waals surface area contributed by atoms with Gasteiger partial charge in [0.15, 0.2) is 0 Å². The molecular weight excluding hydrogens is 392 g/mol. The summed E-state index contributed by atoms with van der Waals surface area (Å²) in [5, 5.41) is 0. The van der Waals surface area contributed by atoms with Crippen molar-refractivity contribution in [2.24, 2.45) is 7.05 Å². The van der Waals surface area contributed by atoms with Crippen molar-refractivity contribution >= 4 is 11.6 Å². The molecule has 1 fully saturated rings. The van der Waals surface area contributed by atoms with Gasteiger partial charge in [-0.25, -0.2) is 4.98 Å². The van der Waals surface area contributed by atoms with Crippen molar-refractivity contribution in [1.82, 2.24) is 14.5 Å². The Morgan fingerprint density at radius 1 is 1.00 bits per heavy atom.